The zero-order chi connectivity index (χ0) is 15.2. The number of phenolic OH excluding ortho intramolecular Hbond substituents is 1. The zero-order valence-corrected chi connectivity index (χ0v) is 12.7. The van der Waals surface area contributed by atoms with Crippen molar-refractivity contribution >= 4 is 23.4 Å². The molecular formula is C13H17N5O2S. The average Bonchev–Trinajstić information content (AvgIpc) is 2.88. The lowest BCUT2D eigenvalue weighted by Crippen LogP contribution is -2.26. The van der Waals surface area contributed by atoms with E-state index in [9.17, 15) is 9.90 Å². The van der Waals surface area contributed by atoms with Crippen LogP contribution < -0.4 is 4.90 Å². The van der Waals surface area contributed by atoms with E-state index in [1.807, 2.05) is 0 Å². The van der Waals surface area contributed by atoms with Crippen molar-refractivity contribution in [3.63, 3.8) is 0 Å². The Hall–Kier alpha value is -2.09. The summed E-state index contributed by atoms with van der Waals surface area (Å²) in [6.45, 7) is 0. The number of hydrogen-bond acceptors (Lipinski definition) is 6. The van der Waals surface area contributed by atoms with E-state index in [1.165, 1.54) is 16.7 Å². The molecule has 8 heteroatoms. The molecule has 0 atom stereocenters. The highest BCUT2D eigenvalue weighted by molar-refractivity contribution is 7.99. The maximum absolute atomic E-state index is 12.1. The van der Waals surface area contributed by atoms with Crippen LogP contribution in [-0.2, 0) is 11.8 Å². The lowest BCUT2D eigenvalue weighted by Gasteiger charge is -2.18. The van der Waals surface area contributed by atoms with Crippen molar-refractivity contribution in [3.8, 4) is 5.75 Å². The van der Waals surface area contributed by atoms with Gasteiger partial charge in [-0.15, -0.1) is 5.10 Å². The first kappa shape index (κ1) is 15.3. The Morgan fingerprint density at radius 2 is 2.19 bits per heavy atom. The molecule has 7 nitrogen and oxygen atoms in total. The van der Waals surface area contributed by atoms with Crippen molar-refractivity contribution in [3.05, 3.63) is 24.3 Å². The molecule has 1 aromatic heterocycles. The number of para-hydroxylation sites is 2. The lowest BCUT2D eigenvalue weighted by molar-refractivity contribution is -0.118. The van der Waals surface area contributed by atoms with Crippen LogP contribution in [0.1, 0.15) is 12.8 Å². The van der Waals surface area contributed by atoms with Crippen molar-refractivity contribution in [2.75, 3.05) is 17.7 Å². The number of amides is 1. The summed E-state index contributed by atoms with van der Waals surface area (Å²) in [4.78, 5) is 13.6. The number of nitrogens with zero attached hydrogens (tertiary/aromatic N) is 5. The zero-order valence-electron chi connectivity index (χ0n) is 11.9. The quantitative estimate of drug-likeness (QED) is 0.642. The minimum atomic E-state index is -0.0341. The SMILES string of the molecule is CN(C(=O)CCCSc1nnnn1C)c1ccccc1O. The molecule has 0 aliphatic carbocycles. The van der Waals surface area contributed by atoms with Gasteiger partial charge in [-0.05, 0) is 29.0 Å². The molecule has 0 radical (unpaired) electrons. The third-order valence-electron chi connectivity index (χ3n) is 2.96. The molecular weight excluding hydrogens is 290 g/mol. The number of tetrazole rings is 1. The van der Waals surface area contributed by atoms with E-state index in [2.05, 4.69) is 15.5 Å². The van der Waals surface area contributed by atoms with Crippen LogP contribution in [0.2, 0.25) is 0 Å². The second kappa shape index (κ2) is 7.07. The van der Waals surface area contributed by atoms with Crippen LogP contribution in [0.25, 0.3) is 0 Å². The van der Waals surface area contributed by atoms with Gasteiger partial charge < -0.3 is 10.0 Å². The first-order valence-electron chi connectivity index (χ1n) is 6.49. The summed E-state index contributed by atoms with van der Waals surface area (Å²) in [7, 11) is 3.44. The molecule has 2 rings (SSSR count). The third-order valence-corrected chi connectivity index (χ3v) is 4.06. The third kappa shape index (κ3) is 3.94. The van der Waals surface area contributed by atoms with Crippen LogP contribution in [0.15, 0.2) is 29.4 Å². The standard InChI is InChI=1S/C13H17N5O2S/c1-17(10-6-3-4-7-11(10)19)12(20)8-5-9-21-13-14-15-16-18(13)2/h3-4,6-7,19H,5,8-9H2,1-2H3. The summed E-state index contributed by atoms with van der Waals surface area (Å²) in [5.74, 6) is 0.829. The summed E-state index contributed by atoms with van der Waals surface area (Å²) in [5.41, 5.74) is 0.521. The summed E-state index contributed by atoms with van der Waals surface area (Å²) in [5, 5.41) is 21.6. The fraction of sp³-hybridized carbons (Fsp3) is 0.385. The minimum absolute atomic E-state index is 0.0341. The Morgan fingerprint density at radius 3 is 2.86 bits per heavy atom. The predicted octanol–water partition coefficient (Wildman–Crippen LogP) is 1.45. The summed E-state index contributed by atoms with van der Waals surface area (Å²) >= 11 is 1.51. The van der Waals surface area contributed by atoms with Crippen LogP contribution in [0, 0.1) is 0 Å². The van der Waals surface area contributed by atoms with E-state index in [1.54, 1.807) is 43.0 Å². The van der Waals surface area contributed by atoms with Crippen molar-refractivity contribution < 1.29 is 9.90 Å². The van der Waals surface area contributed by atoms with Crippen molar-refractivity contribution in [2.24, 2.45) is 7.05 Å². The molecule has 0 fully saturated rings. The molecule has 1 amide bonds. The van der Waals surface area contributed by atoms with Crippen LogP contribution in [-0.4, -0.2) is 44.0 Å². The lowest BCUT2D eigenvalue weighted by atomic mass is 10.2. The molecule has 1 heterocycles. The normalized spacial score (nSPS) is 10.6. The molecule has 0 saturated heterocycles. The highest BCUT2D eigenvalue weighted by Gasteiger charge is 2.13. The molecule has 2 aromatic rings. The molecule has 21 heavy (non-hydrogen) atoms. The number of carbonyl (C=O) groups excluding carboxylic acids is 1. The van der Waals surface area contributed by atoms with E-state index in [4.69, 9.17) is 0 Å². The van der Waals surface area contributed by atoms with Gasteiger partial charge in [-0.2, -0.15) is 0 Å². The fourth-order valence-corrected chi connectivity index (χ4v) is 2.57. The maximum Gasteiger partial charge on any atom is 0.226 e. The van der Waals surface area contributed by atoms with Gasteiger partial charge in [0.05, 0.1) is 5.69 Å². The number of hydrogen-bond donors (Lipinski definition) is 1. The molecule has 1 aromatic carbocycles. The van der Waals surface area contributed by atoms with Crippen molar-refractivity contribution in [1.29, 1.82) is 0 Å². The second-order valence-corrected chi connectivity index (χ2v) is 5.54. The smallest absolute Gasteiger partial charge is 0.226 e. The number of aryl methyl sites for hydroxylation is 1. The number of anilines is 1. The number of benzene rings is 1. The van der Waals surface area contributed by atoms with Gasteiger partial charge in [-0.25, -0.2) is 4.68 Å². The summed E-state index contributed by atoms with van der Waals surface area (Å²) < 4.78 is 1.60. The van der Waals surface area contributed by atoms with Crippen molar-refractivity contribution in [2.45, 2.75) is 18.0 Å². The first-order valence-corrected chi connectivity index (χ1v) is 7.48. The van der Waals surface area contributed by atoms with Gasteiger partial charge in [0.25, 0.3) is 0 Å². The first-order chi connectivity index (χ1) is 10.1. The van der Waals surface area contributed by atoms with E-state index in [0.29, 0.717) is 18.5 Å². The van der Waals surface area contributed by atoms with Crippen LogP contribution >= 0.6 is 11.8 Å². The van der Waals surface area contributed by atoms with Gasteiger partial charge in [-0.1, -0.05) is 23.9 Å². The molecule has 1 N–H and O–H groups in total. The number of carbonyl (C=O) groups is 1. The van der Waals surface area contributed by atoms with Gasteiger partial charge in [0, 0.05) is 26.3 Å². The van der Waals surface area contributed by atoms with E-state index >= 15 is 0 Å². The Balaban J connectivity index is 1.79. The van der Waals surface area contributed by atoms with Gasteiger partial charge in [0.2, 0.25) is 11.1 Å². The Morgan fingerprint density at radius 1 is 1.43 bits per heavy atom. The van der Waals surface area contributed by atoms with E-state index in [0.717, 1.165) is 10.9 Å². The maximum atomic E-state index is 12.1. The molecule has 0 saturated carbocycles. The number of aromatic nitrogens is 4. The minimum Gasteiger partial charge on any atom is -0.506 e. The van der Waals surface area contributed by atoms with Gasteiger partial charge >= 0.3 is 0 Å². The second-order valence-electron chi connectivity index (χ2n) is 4.48. The number of rotatable bonds is 6. The van der Waals surface area contributed by atoms with E-state index < -0.39 is 0 Å². The topological polar surface area (TPSA) is 84.1 Å². The van der Waals surface area contributed by atoms with Gasteiger partial charge in [0.1, 0.15) is 5.75 Å². The molecule has 0 unspecified atom stereocenters. The molecule has 0 aliphatic heterocycles. The number of aromatic hydroxyl groups is 1. The summed E-state index contributed by atoms with van der Waals surface area (Å²) in [6, 6.07) is 6.79. The molecule has 0 bridgehead atoms. The average molecular weight is 307 g/mol. The summed E-state index contributed by atoms with van der Waals surface area (Å²) in [6.07, 6.45) is 1.12. The van der Waals surface area contributed by atoms with Crippen LogP contribution in [0.4, 0.5) is 5.69 Å². The number of thioether (sulfide) groups is 1. The van der Waals surface area contributed by atoms with E-state index in [-0.39, 0.29) is 11.7 Å². The molecule has 0 aliphatic rings. The van der Waals surface area contributed by atoms with Crippen LogP contribution in [0.3, 0.4) is 0 Å². The van der Waals surface area contributed by atoms with Gasteiger partial charge in [-0.3, -0.25) is 4.79 Å². The predicted molar refractivity (Wildman–Crippen MR) is 80.3 cm³/mol. The largest absolute Gasteiger partial charge is 0.506 e. The number of phenols is 1. The monoisotopic (exact) mass is 307 g/mol. The molecule has 0 spiro atoms. The van der Waals surface area contributed by atoms with Crippen molar-refractivity contribution in [1.82, 2.24) is 20.2 Å². The molecule has 112 valence electrons. The Bertz CT molecular complexity index is 616. The van der Waals surface area contributed by atoms with Gasteiger partial charge in [0.15, 0.2) is 0 Å². The Labute approximate surface area is 127 Å². The fourth-order valence-electron chi connectivity index (χ4n) is 1.78. The highest BCUT2D eigenvalue weighted by Crippen LogP contribution is 2.26. The van der Waals surface area contributed by atoms with Crippen LogP contribution in [0.5, 0.6) is 5.75 Å². The highest BCUT2D eigenvalue weighted by atomic mass is 32.2. The Kier molecular flexibility index (Phi) is 5.15.